The first-order valence-electron chi connectivity index (χ1n) is 11.6. The van der Waals surface area contributed by atoms with E-state index in [2.05, 4.69) is 25.3 Å². The largest absolute Gasteiger partial charge is 0.381 e. The highest BCUT2D eigenvalue weighted by Crippen LogP contribution is 2.39. The van der Waals surface area contributed by atoms with Crippen molar-refractivity contribution in [3.63, 3.8) is 0 Å². The van der Waals surface area contributed by atoms with Crippen LogP contribution in [-0.4, -0.2) is 75.7 Å². The fourth-order valence-electron chi connectivity index (χ4n) is 5.21. The quantitative estimate of drug-likeness (QED) is 0.569. The number of carbonyl (C=O) groups is 2. The maximum atomic E-state index is 13.5. The van der Waals surface area contributed by atoms with Crippen molar-refractivity contribution in [2.75, 3.05) is 55.3 Å². The number of halogens is 1. The number of fused-ring (bicyclic) bond motifs is 1. The minimum absolute atomic E-state index is 0.00882. The summed E-state index contributed by atoms with van der Waals surface area (Å²) in [6.45, 7) is 4.51. The summed E-state index contributed by atoms with van der Waals surface area (Å²) in [6, 6.07) is 1.83. The Labute approximate surface area is 200 Å². The average molecular weight is 481 g/mol. The van der Waals surface area contributed by atoms with E-state index in [-0.39, 0.29) is 34.3 Å². The fraction of sp³-hybridized carbons (Fsp3) is 0.435. The van der Waals surface area contributed by atoms with E-state index in [0.717, 1.165) is 61.7 Å². The van der Waals surface area contributed by atoms with E-state index < -0.39 is 11.7 Å². The zero-order chi connectivity index (χ0) is 24.2. The Hall–Kier alpha value is -3.80. The van der Waals surface area contributed by atoms with Gasteiger partial charge in [-0.15, -0.1) is 5.10 Å². The van der Waals surface area contributed by atoms with Gasteiger partial charge in [-0.05, 0) is 18.9 Å². The molecule has 2 amide bonds. The number of carbonyl (C=O) groups excluding carboxylic acids is 2. The van der Waals surface area contributed by atoms with Crippen LogP contribution in [0.3, 0.4) is 0 Å². The van der Waals surface area contributed by atoms with Gasteiger partial charge in [0.15, 0.2) is 17.3 Å². The number of rotatable bonds is 4. The van der Waals surface area contributed by atoms with Gasteiger partial charge in [-0.25, -0.2) is 13.9 Å². The van der Waals surface area contributed by atoms with Crippen LogP contribution < -0.4 is 16.0 Å². The number of pyridine rings is 1. The fourth-order valence-corrected chi connectivity index (χ4v) is 5.21. The highest BCUT2D eigenvalue weighted by Gasteiger charge is 2.51. The minimum atomic E-state index is -0.589. The summed E-state index contributed by atoms with van der Waals surface area (Å²) in [5.74, 6) is -0.907. The van der Waals surface area contributed by atoms with Crippen LogP contribution in [0.2, 0.25) is 0 Å². The number of nitrogens with zero attached hydrogens (tertiary/aromatic N) is 6. The number of nitrogens with two attached hydrogens (primary N) is 1. The molecule has 6 heterocycles. The van der Waals surface area contributed by atoms with Gasteiger partial charge in [-0.3, -0.25) is 14.6 Å². The SMILES string of the molecule is Nc1nn2cc(F)cnc2c1C(=O)Nc1cnccc1N1CCC(C(=O)N2CC3(COC3)C2)CC1. The lowest BCUT2D eigenvalue weighted by molar-refractivity contribution is -0.197. The molecule has 0 bridgehead atoms. The van der Waals surface area contributed by atoms with Crippen LogP contribution in [0.25, 0.3) is 5.65 Å². The molecule has 3 saturated heterocycles. The number of nitrogens with one attached hydrogen (secondary N) is 1. The smallest absolute Gasteiger partial charge is 0.263 e. The number of hydrogen-bond acceptors (Lipinski definition) is 8. The molecule has 0 atom stereocenters. The highest BCUT2D eigenvalue weighted by atomic mass is 19.1. The number of likely N-dealkylation sites (tertiary alicyclic amines) is 1. The van der Waals surface area contributed by atoms with Gasteiger partial charge in [-0.2, -0.15) is 0 Å². The number of nitrogen functional groups attached to an aromatic ring is 1. The molecule has 0 unspecified atom stereocenters. The van der Waals surface area contributed by atoms with Crippen LogP contribution in [0.1, 0.15) is 23.2 Å². The predicted octanol–water partition coefficient (Wildman–Crippen LogP) is 1.17. The predicted molar refractivity (Wildman–Crippen MR) is 124 cm³/mol. The van der Waals surface area contributed by atoms with E-state index >= 15 is 0 Å². The molecular formula is C23H25FN8O3. The van der Waals surface area contributed by atoms with E-state index in [1.807, 2.05) is 11.0 Å². The zero-order valence-electron chi connectivity index (χ0n) is 19.0. The first kappa shape index (κ1) is 21.7. The van der Waals surface area contributed by atoms with Gasteiger partial charge in [0.1, 0.15) is 5.56 Å². The molecular weight excluding hydrogens is 455 g/mol. The van der Waals surface area contributed by atoms with Gasteiger partial charge in [0, 0.05) is 38.3 Å². The first-order valence-corrected chi connectivity index (χ1v) is 11.6. The Morgan fingerprint density at radius 1 is 1.20 bits per heavy atom. The van der Waals surface area contributed by atoms with Crippen molar-refractivity contribution >= 4 is 34.7 Å². The van der Waals surface area contributed by atoms with Gasteiger partial charge in [0.05, 0.1) is 48.6 Å². The summed E-state index contributed by atoms with van der Waals surface area (Å²) in [5.41, 5.74) is 7.69. The second-order valence-electron chi connectivity index (χ2n) is 9.60. The molecule has 3 N–H and O–H groups in total. The molecule has 182 valence electrons. The molecule has 1 spiro atoms. The molecule has 3 aromatic heterocycles. The van der Waals surface area contributed by atoms with Gasteiger partial charge < -0.3 is 25.6 Å². The molecule has 3 aliphatic heterocycles. The molecule has 3 aliphatic rings. The highest BCUT2D eigenvalue weighted by molar-refractivity contribution is 6.12. The van der Waals surface area contributed by atoms with Crippen molar-refractivity contribution in [2.24, 2.45) is 11.3 Å². The number of anilines is 3. The van der Waals surface area contributed by atoms with Crippen molar-refractivity contribution in [1.29, 1.82) is 0 Å². The Bertz CT molecular complexity index is 1310. The topological polar surface area (TPSA) is 131 Å². The summed E-state index contributed by atoms with van der Waals surface area (Å²) in [6.07, 6.45) is 6.83. The Balaban J connectivity index is 1.14. The molecule has 12 heteroatoms. The van der Waals surface area contributed by atoms with E-state index in [9.17, 15) is 14.0 Å². The summed E-state index contributed by atoms with van der Waals surface area (Å²) < 4.78 is 19.9. The van der Waals surface area contributed by atoms with Crippen LogP contribution in [0, 0.1) is 17.2 Å². The lowest BCUT2D eigenvalue weighted by Crippen LogP contribution is -2.68. The third-order valence-electron chi connectivity index (χ3n) is 7.11. The van der Waals surface area contributed by atoms with Crippen molar-refractivity contribution < 1.29 is 18.7 Å². The van der Waals surface area contributed by atoms with E-state index in [0.29, 0.717) is 18.8 Å². The number of ether oxygens (including phenoxy) is 1. The maximum Gasteiger partial charge on any atom is 0.263 e. The zero-order valence-corrected chi connectivity index (χ0v) is 19.0. The van der Waals surface area contributed by atoms with Crippen LogP contribution >= 0.6 is 0 Å². The third-order valence-corrected chi connectivity index (χ3v) is 7.11. The number of piperidine rings is 1. The van der Waals surface area contributed by atoms with Gasteiger partial charge >= 0.3 is 0 Å². The van der Waals surface area contributed by atoms with E-state index in [1.54, 1.807) is 12.4 Å². The molecule has 6 rings (SSSR count). The van der Waals surface area contributed by atoms with Gasteiger partial charge in [-0.1, -0.05) is 0 Å². The minimum Gasteiger partial charge on any atom is -0.381 e. The van der Waals surface area contributed by atoms with Crippen molar-refractivity contribution in [1.82, 2.24) is 24.5 Å². The molecule has 0 saturated carbocycles. The van der Waals surface area contributed by atoms with Crippen LogP contribution in [0.5, 0.6) is 0 Å². The van der Waals surface area contributed by atoms with Crippen molar-refractivity contribution in [3.8, 4) is 0 Å². The van der Waals surface area contributed by atoms with E-state index in [4.69, 9.17) is 10.5 Å². The molecule has 0 radical (unpaired) electrons. The van der Waals surface area contributed by atoms with Crippen LogP contribution in [-0.2, 0) is 9.53 Å². The Kier molecular flexibility index (Phi) is 5.06. The summed E-state index contributed by atoms with van der Waals surface area (Å²) in [4.78, 5) is 38.2. The number of amides is 2. The molecule has 3 aromatic rings. The Morgan fingerprint density at radius 3 is 2.69 bits per heavy atom. The number of hydrogen-bond donors (Lipinski definition) is 2. The van der Waals surface area contributed by atoms with Crippen LogP contribution in [0.4, 0.5) is 21.6 Å². The van der Waals surface area contributed by atoms with E-state index in [1.165, 1.54) is 0 Å². The summed E-state index contributed by atoms with van der Waals surface area (Å²) in [5, 5.41) is 6.83. The standard InChI is InChI=1S/C23H25FN8O3/c24-15-7-27-20-18(19(25)29-32(20)9-15)21(33)28-16-8-26-4-1-17(16)30-5-2-14(3-6-30)22(34)31-10-23(11-31)12-35-13-23/h1,4,7-9,14H,2-3,5-6,10-13H2,(H2,25,29)(H,28,33). The molecule has 11 nitrogen and oxygen atoms in total. The lowest BCUT2D eigenvalue weighted by Gasteiger charge is -2.55. The summed E-state index contributed by atoms with van der Waals surface area (Å²) >= 11 is 0. The normalized spacial score (nSPS) is 19.5. The molecule has 3 fully saturated rings. The monoisotopic (exact) mass is 480 g/mol. The Morgan fingerprint density at radius 2 is 1.97 bits per heavy atom. The molecule has 0 aromatic carbocycles. The van der Waals surface area contributed by atoms with Gasteiger partial charge in [0.2, 0.25) is 5.91 Å². The van der Waals surface area contributed by atoms with Crippen molar-refractivity contribution in [2.45, 2.75) is 12.8 Å². The van der Waals surface area contributed by atoms with Gasteiger partial charge in [0.25, 0.3) is 5.91 Å². The number of aromatic nitrogens is 4. The lowest BCUT2D eigenvalue weighted by atomic mass is 9.77. The second kappa shape index (κ2) is 8.15. The molecule has 35 heavy (non-hydrogen) atoms. The maximum absolute atomic E-state index is 13.5. The third kappa shape index (κ3) is 3.73. The second-order valence-corrected chi connectivity index (χ2v) is 9.60. The first-order chi connectivity index (χ1) is 16.9. The molecule has 0 aliphatic carbocycles. The average Bonchev–Trinajstić information content (AvgIpc) is 3.12. The van der Waals surface area contributed by atoms with Crippen molar-refractivity contribution in [3.05, 3.63) is 42.2 Å². The van der Waals surface area contributed by atoms with Crippen LogP contribution in [0.15, 0.2) is 30.9 Å². The summed E-state index contributed by atoms with van der Waals surface area (Å²) in [7, 11) is 0.